The summed E-state index contributed by atoms with van der Waals surface area (Å²) in [6.07, 6.45) is 5.21. The predicted molar refractivity (Wildman–Crippen MR) is 137 cm³/mol. The Morgan fingerprint density at radius 3 is 2.50 bits per heavy atom. The maximum absolute atomic E-state index is 14.5. The number of ether oxygens (including phenoxy) is 2. The molecular formula is C28H44N2O6. The third-order valence-electron chi connectivity index (χ3n) is 7.82. The quantitative estimate of drug-likeness (QED) is 0.264. The van der Waals surface area contributed by atoms with Crippen molar-refractivity contribution >= 4 is 17.8 Å². The van der Waals surface area contributed by atoms with Crippen molar-refractivity contribution in [3.05, 3.63) is 25.3 Å². The highest BCUT2D eigenvalue weighted by Crippen LogP contribution is 2.59. The molecule has 0 aliphatic carbocycles. The fourth-order valence-corrected chi connectivity index (χ4v) is 6.84. The van der Waals surface area contributed by atoms with Crippen LogP contribution in [0.25, 0.3) is 0 Å². The molecule has 3 rings (SSSR count). The SMILES string of the molecule is C=CCCOC(=O)[C@@H]1[C@H]2C(=O)N([C@H](C)CO)C(C(=O)N(CC=C)C(C)(C)CC(C)(C)C)C23CC[C@H]1O3. The molecule has 3 heterocycles. The van der Waals surface area contributed by atoms with Gasteiger partial charge in [-0.25, -0.2) is 0 Å². The van der Waals surface area contributed by atoms with Crippen LogP contribution in [0.3, 0.4) is 0 Å². The lowest BCUT2D eigenvalue weighted by Gasteiger charge is -2.46. The van der Waals surface area contributed by atoms with E-state index in [1.54, 1.807) is 24.0 Å². The maximum atomic E-state index is 14.5. The van der Waals surface area contributed by atoms with Crippen LogP contribution in [0.5, 0.6) is 0 Å². The number of aliphatic hydroxyl groups is 1. The van der Waals surface area contributed by atoms with E-state index in [-0.39, 0.29) is 30.4 Å². The van der Waals surface area contributed by atoms with Crippen molar-refractivity contribution in [2.24, 2.45) is 17.3 Å². The van der Waals surface area contributed by atoms with Crippen LogP contribution in [0.15, 0.2) is 25.3 Å². The topological polar surface area (TPSA) is 96.4 Å². The second kappa shape index (κ2) is 10.3. The number of nitrogens with zero attached hydrogens (tertiary/aromatic N) is 2. The molecule has 0 saturated carbocycles. The second-order valence-corrected chi connectivity index (χ2v) is 12.4. The van der Waals surface area contributed by atoms with E-state index in [4.69, 9.17) is 9.47 Å². The summed E-state index contributed by atoms with van der Waals surface area (Å²) in [4.78, 5) is 44.7. The molecule has 1 N–H and O–H groups in total. The Morgan fingerprint density at radius 1 is 1.28 bits per heavy atom. The second-order valence-electron chi connectivity index (χ2n) is 12.4. The Balaban J connectivity index is 2.04. The smallest absolute Gasteiger partial charge is 0.312 e. The summed E-state index contributed by atoms with van der Waals surface area (Å²) in [6.45, 7) is 19.9. The molecule has 6 atom stereocenters. The van der Waals surface area contributed by atoms with Crippen LogP contribution in [0, 0.1) is 17.3 Å². The Hall–Kier alpha value is -2.19. The number of amides is 2. The molecule has 3 fully saturated rings. The average molecular weight is 505 g/mol. The van der Waals surface area contributed by atoms with Crippen LogP contribution in [-0.4, -0.2) is 81.8 Å². The molecule has 0 aromatic heterocycles. The predicted octanol–water partition coefficient (Wildman–Crippen LogP) is 3.09. The van der Waals surface area contributed by atoms with E-state index in [1.165, 1.54) is 4.90 Å². The van der Waals surface area contributed by atoms with Crippen molar-refractivity contribution in [3.8, 4) is 0 Å². The highest BCUT2D eigenvalue weighted by molar-refractivity contribution is 5.98. The van der Waals surface area contributed by atoms with Crippen molar-refractivity contribution in [1.82, 2.24) is 9.80 Å². The lowest BCUT2D eigenvalue weighted by atomic mass is 9.70. The molecule has 0 aromatic carbocycles. The summed E-state index contributed by atoms with van der Waals surface area (Å²) < 4.78 is 11.9. The summed E-state index contributed by atoms with van der Waals surface area (Å²) in [5.41, 5.74) is -1.70. The first kappa shape index (κ1) is 28.4. The third kappa shape index (κ3) is 4.86. The van der Waals surface area contributed by atoms with E-state index < -0.39 is 47.1 Å². The minimum absolute atomic E-state index is 0.0454. The minimum Gasteiger partial charge on any atom is -0.465 e. The zero-order valence-corrected chi connectivity index (χ0v) is 22.8. The van der Waals surface area contributed by atoms with Gasteiger partial charge in [-0.3, -0.25) is 14.4 Å². The molecule has 202 valence electrons. The molecule has 2 unspecified atom stereocenters. The number of aliphatic hydroxyl groups excluding tert-OH is 1. The van der Waals surface area contributed by atoms with Gasteiger partial charge in [-0.2, -0.15) is 0 Å². The lowest BCUT2D eigenvalue weighted by Crippen LogP contribution is -2.62. The van der Waals surface area contributed by atoms with Gasteiger partial charge < -0.3 is 24.4 Å². The van der Waals surface area contributed by atoms with Gasteiger partial charge in [0.15, 0.2) is 0 Å². The van der Waals surface area contributed by atoms with Gasteiger partial charge in [0.05, 0.1) is 37.2 Å². The third-order valence-corrected chi connectivity index (χ3v) is 7.82. The summed E-state index contributed by atoms with van der Waals surface area (Å²) >= 11 is 0. The van der Waals surface area contributed by atoms with E-state index in [1.807, 2.05) is 13.8 Å². The molecule has 3 aliphatic heterocycles. The van der Waals surface area contributed by atoms with Crippen LogP contribution in [0.1, 0.15) is 67.2 Å². The number of fused-ring (bicyclic) bond motifs is 1. The Labute approximate surface area is 215 Å². The van der Waals surface area contributed by atoms with E-state index >= 15 is 0 Å². The number of hydrogen-bond acceptors (Lipinski definition) is 6. The van der Waals surface area contributed by atoms with Gasteiger partial charge >= 0.3 is 5.97 Å². The molecule has 1 spiro atoms. The van der Waals surface area contributed by atoms with Gasteiger partial charge in [0.2, 0.25) is 11.8 Å². The largest absolute Gasteiger partial charge is 0.465 e. The van der Waals surface area contributed by atoms with Gasteiger partial charge in [0, 0.05) is 12.1 Å². The first-order chi connectivity index (χ1) is 16.8. The van der Waals surface area contributed by atoms with Gasteiger partial charge in [-0.1, -0.05) is 32.9 Å². The van der Waals surface area contributed by atoms with Gasteiger partial charge in [-0.05, 0) is 51.9 Å². The van der Waals surface area contributed by atoms with Crippen molar-refractivity contribution in [1.29, 1.82) is 0 Å². The monoisotopic (exact) mass is 504 g/mol. The maximum Gasteiger partial charge on any atom is 0.312 e. The first-order valence-corrected chi connectivity index (χ1v) is 13.1. The molecule has 8 heteroatoms. The molecular weight excluding hydrogens is 460 g/mol. The van der Waals surface area contributed by atoms with Crippen molar-refractivity contribution in [2.45, 2.75) is 96.6 Å². The molecule has 2 bridgehead atoms. The summed E-state index contributed by atoms with van der Waals surface area (Å²) in [6, 6.07) is -1.55. The Morgan fingerprint density at radius 2 is 1.94 bits per heavy atom. The lowest BCUT2D eigenvalue weighted by molar-refractivity contribution is -0.157. The molecule has 8 nitrogen and oxygen atoms in total. The highest BCUT2D eigenvalue weighted by atomic mass is 16.6. The number of likely N-dealkylation sites (tertiary alicyclic amines) is 1. The van der Waals surface area contributed by atoms with E-state index in [9.17, 15) is 19.5 Å². The van der Waals surface area contributed by atoms with Crippen molar-refractivity contribution in [2.75, 3.05) is 19.8 Å². The molecule has 3 aliphatic rings. The number of esters is 1. The zero-order chi connectivity index (χ0) is 27.1. The zero-order valence-electron chi connectivity index (χ0n) is 22.8. The molecule has 0 radical (unpaired) electrons. The normalized spacial score (nSPS) is 30.2. The van der Waals surface area contributed by atoms with Crippen LogP contribution in [0.4, 0.5) is 0 Å². The number of carbonyl (C=O) groups is 3. The molecule has 36 heavy (non-hydrogen) atoms. The molecule has 0 aromatic rings. The van der Waals surface area contributed by atoms with Gasteiger partial charge in [0.25, 0.3) is 0 Å². The Bertz CT molecular complexity index is 893. The number of rotatable bonds is 11. The van der Waals surface area contributed by atoms with Gasteiger partial charge in [0.1, 0.15) is 11.6 Å². The van der Waals surface area contributed by atoms with Crippen LogP contribution < -0.4 is 0 Å². The van der Waals surface area contributed by atoms with Crippen molar-refractivity contribution < 1.29 is 29.0 Å². The Kier molecular flexibility index (Phi) is 8.11. The van der Waals surface area contributed by atoms with Gasteiger partial charge in [-0.15, -0.1) is 13.2 Å². The van der Waals surface area contributed by atoms with Crippen LogP contribution in [0.2, 0.25) is 0 Å². The standard InChI is InChI=1S/C28H44N2O6/c1-9-11-15-35-25(34)20-19-12-13-28(36-19)21(20)23(32)30(18(3)16-31)22(28)24(33)29(14-10-2)27(7,8)17-26(4,5)6/h9-10,18-22,31H,1-2,11-17H2,3-8H3/t18-,19-,20+,21+,22?,28?/m1/s1. The summed E-state index contributed by atoms with van der Waals surface area (Å²) in [5.74, 6) is -2.61. The molecule has 2 amide bonds. The molecule has 3 saturated heterocycles. The summed E-state index contributed by atoms with van der Waals surface area (Å²) in [5, 5.41) is 10.0. The van der Waals surface area contributed by atoms with E-state index in [2.05, 4.69) is 33.9 Å². The van der Waals surface area contributed by atoms with E-state index in [0.717, 1.165) is 6.42 Å². The van der Waals surface area contributed by atoms with Crippen LogP contribution >= 0.6 is 0 Å². The average Bonchev–Trinajstić information content (AvgIpc) is 3.42. The van der Waals surface area contributed by atoms with Crippen LogP contribution in [-0.2, 0) is 23.9 Å². The summed E-state index contributed by atoms with van der Waals surface area (Å²) in [7, 11) is 0. The highest BCUT2D eigenvalue weighted by Gasteiger charge is 2.75. The fourth-order valence-electron chi connectivity index (χ4n) is 6.84. The number of carbonyl (C=O) groups excluding carboxylic acids is 3. The van der Waals surface area contributed by atoms with E-state index in [0.29, 0.717) is 25.8 Å². The fraction of sp³-hybridized carbons (Fsp3) is 0.750. The minimum atomic E-state index is -1.12. The number of hydrogen-bond donors (Lipinski definition) is 1. The first-order valence-electron chi connectivity index (χ1n) is 13.1. The van der Waals surface area contributed by atoms with Crippen molar-refractivity contribution in [3.63, 3.8) is 0 Å².